The summed E-state index contributed by atoms with van der Waals surface area (Å²) in [6, 6.07) is 10.3. The Bertz CT molecular complexity index is 596. The second kappa shape index (κ2) is 5.83. The summed E-state index contributed by atoms with van der Waals surface area (Å²) in [7, 11) is 0. The molecule has 20 heavy (non-hydrogen) atoms. The maximum Gasteiger partial charge on any atom is 0.420 e. The van der Waals surface area contributed by atoms with Crippen molar-refractivity contribution >= 4 is 15.9 Å². The van der Waals surface area contributed by atoms with E-state index in [0.29, 0.717) is 5.56 Å². The molecule has 0 aliphatic carbocycles. The standard InChI is InChI=1S/C14H9BrF4O/c15-10-6-11(14(17,18)19)13(12(16)7-10)20-8-9-4-2-1-3-5-9/h1-7H,8H2. The van der Waals surface area contributed by atoms with Gasteiger partial charge >= 0.3 is 6.18 Å². The van der Waals surface area contributed by atoms with Crippen LogP contribution in [0.2, 0.25) is 0 Å². The van der Waals surface area contributed by atoms with E-state index in [1.54, 1.807) is 30.3 Å². The maximum atomic E-state index is 13.7. The second-order valence-corrected chi connectivity index (χ2v) is 4.95. The molecule has 0 spiro atoms. The van der Waals surface area contributed by atoms with E-state index in [4.69, 9.17) is 4.74 Å². The molecule has 0 radical (unpaired) electrons. The van der Waals surface area contributed by atoms with Crippen molar-refractivity contribution in [3.8, 4) is 5.75 Å². The van der Waals surface area contributed by atoms with Crippen LogP contribution in [0.25, 0.3) is 0 Å². The third-order valence-electron chi connectivity index (χ3n) is 2.54. The van der Waals surface area contributed by atoms with Crippen molar-refractivity contribution in [1.82, 2.24) is 0 Å². The van der Waals surface area contributed by atoms with Crippen LogP contribution in [0.3, 0.4) is 0 Å². The Morgan fingerprint density at radius 2 is 1.70 bits per heavy atom. The zero-order chi connectivity index (χ0) is 14.8. The predicted molar refractivity (Wildman–Crippen MR) is 69.9 cm³/mol. The minimum atomic E-state index is -4.68. The zero-order valence-corrected chi connectivity index (χ0v) is 11.6. The van der Waals surface area contributed by atoms with Crippen LogP contribution in [0.15, 0.2) is 46.9 Å². The summed E-state index contributed by atoms with van der Waals surface area (Å²) >= 11 is 2.84. The van der Waals surface area contributed by atoms with E-state index in [9.17, 15) is 17.6 Å². The molecular weight excluding hydrogens is 340 g/mol. The first-order valence-electron chi connectivity index (χ1n) is 5.61. The summed E-state index contributed by atoms with van der Waals surface area (Å²) in [4.78, 5) is 0. The molecule has 2 aromatic carbocycles. The van der Waals surface area contributed by atoms with Crippen molar-refractivity contribution in [2.24, 2.45) is 0 Å². The monoisotopic (exact) mass is 348 g/mol. The number of halogens is 5. The molecule has 6 heteroatoms. The number of ether oxygens (including phenoxy) is 1. The van der Waals surface area contributed by atoms with Crippen LogP contribution in [-0.4, -0.2) is 0 Å². The first-order chi connectivity index (χ1) is 9.38. The highest BCUT2D eigenvalue weighted by Crippen LogP contribution is 2.39. The van der Waals surface area contributed by atoms with Crippen molar-refractivity contribution in [2.45, 2.75) is 12.8 Å². The van der Waals surface area contributed by atoms with Gasteiger partial charge in [-0.25, -0.2) is 4.39 Å². The lowest BCUT2D eigenvalue weighted by molar-refractivity contribution is -0.139. The van der Waals surface area contributed by atoms with Crippen LogP contribution >= 0.6 is 15.9 Å². The molecule has 0 bridgehead atoms. The predicted octanol–water partition coefficient (Wildman–Crippen LogP) is 5.19. The average Bonchev–Trinajstić information content (AvgIpc) is 2.37. The van der Waals surface area contributed by atoms with Gasteiger partial charge in [0.1, 0.15) is 12.2 Å². The summed E-state index contributed by atoms with van der Waals surface area (Å²) in [6.07, 6.45) is -4.68. The second-order valence-electron chi connectivity index (χ2n) is 4.04. The van der Waals surface area contributed by atoms with Crippen molar-refractivity contribution in [1.29, 1.82) is 0 Å². The first kappa shape index (κ1) is 14.8. The zero-order valence-electron chi connectivity index (χ0n) is 10.0. The van der Waals surface area contributed by atoms with E-state index in [1.165, 1.54) is 0 Å². The molecule has 0 aliphatic rings. The third-order valence-corrected chi connectivity index (χ3v) is 3.00. The van der Waals surface area contributed by atoms with Gasteiger partial charge < -0.3 is 4.74 Å². The van der Waals surface area contributed by atoms with Gasteiger partial charge in [-0.05, 0) is 17.7 Å². The number of alkyl halides is 3. The Hall–Kier alpha value is -1.56. The van der Waals surface area contributed by atoms with Gasteiger partial charge in [0.05, 0.1) is 0 Å². The highest BCUT2D eigenvalue weighted by Gasteiger charge is 2.36. The molecule has 0 N–H and O–H groups in total. The van der Waals surface area contributed by atoms with E-state index in [2.05, 4.69) is 15.9 Å². The fraction of sp³-hybridized carbons (Fsp3) is 0.143. The Labute approximate surface area is 121 Å². The molecule has 106 valence electrons. The van der Waals surface area contributed by atoms with Gasteiger partial charge in [0.15, 0.2) is 11.6 Å². The fourth-order valence-electron chi connectivity index (χ4n) is 1.65. The topological polar surface area (TPSA) is 9.23 Å². The van der Waals surface area contributed by atoms with Gasteiger partial charge in [0.25, 0.3) is 0 Å². The lowest BCUT2D eigenvalue weighted by Gasteiger charge is -2.15. The van der Waals surface area contributed by atoms with Gasteiger partial charge in [0.2, 0.25) is 0 Å². The molecular formula is C14H9BrF4O. The lowest BCUT2D eigenvalue weighted by atomic mass is 10.2. The van der Waals surface area contributed by atoms with Gasteiger partial charge in [-0.2, -0.15) is 13.2 Å². The Morgan fingerprint density at radius 3 is 2.30 bits per heavy atom. The Morgan fingerprint density at radius 1 is 1.05 bits per heavy atom. The summed E-state index contributed by atoms with van der Waals surface area (Å²) in [5.74, 6) is -1.84. The van der Waals surface area contributed by atoms with Gasteiger partial charge in [-0.3, -0.25) is 0 Å². The molecule has 1 nitrogen and oxygen atoms in total. The largest absolute Gasteiger partial charge is 0.485 e. The summed E-state index contributed by atoms with van der Waals surface area (Å²) in [5.41, 5.74) is -0.483. The van der Waals surface area contributed by atoms with Gasteiger partial charge in [-0.15, -0.1) is 0 Å². The molecule has 2 rings (SSSR count). The van der Waals surface area contributed by atoms with Crippen LogP contribution in [-0.2, 0) is 12.8 Å². The summed E-state index contributed by atoms with van der Waals surface area (Å²) < 4.78 is 57.3. The van der Waals surface area contributed by atoms with Crippen molar-refractivity contribution in [2.75, 3.05) is 0 Å². The highest BCUT2D eigenvalue weighted by molar-refractivity contribution is 9.10. The van der Waals surface area contributed by atoms with E-state index >= 15 is 0 Å². The molecule has 0 amide bonds. The van der Waals surface area contributed by atoms with Gasteiger partial charge in [0, 0.05) is 4.47 Å². The molecule has 0 heterocycles. The number of rotatable bonds is 3. The summed E-state index contributed by atoms with van der Waals surface area (Å²) in [5, 5.41) is 0. The minimum absolute atomic E-state index is 0.00869. The van der Waals surface area contributed by atoms with E-state index < -0.39 is 23.3 Å². The molecule has 0 saturated carbocycles. The first-order valence-corrected chi connectivity index (χ1v) is 6.40. The third kappa shape index (κ3) is 3.50. The number of benzene rings is 2. The Balaban J connectivity index is 2.31. The highest BCUT2D eigenvalue weighted by atomic mass is 79.9. The number of hydrogen-bond donors (Lipinski definition) is 0. The molecule has 0 atom stereocenters. The maximum absolute atomic E-state index is 13.7. The van der Waals surface area contributed by atoms with Crippen LogP contribution in [0.4, 0.5) is 17.6 Å². The minimum Gasteiger partial charge on any atom is -0.485 e. The van der Waals surface area contributed by atoms with Gasteiger partial charge in [-0.1, -0.05) is 46.3 Å². The molecule has 0 unspecified atom stereocenters. The Kier molecular flexibility index (Phi) is 4.32. The van der Waals surface area contributed by atoms with Crippen LogP contribution in [0, 0.1) is 5.82 Å². The molecule has 0 saturated heterocycles. The molecule has 0 fully saturated rings. The average molecular weight is 349 g/mol. The molecule has 0 aliphatic heterocycles. The fourth-order valence-corrected chi connectivity index (χ4v) is 2.08. The van der Waals surface area contributed by atoms with E-state index in [-0.39, 0.29) is 11.1 Å². The quantitative estimate of drug-likeness (QED) is 0.694. The van der Waals surface area contributed by atoms with Crippen molar-refractivity contribution < 1.29 is 22.3 Å². The SMILES string of the molecule is Fc1cc(Br)cc(C(F)(F)F)c1OCc1ccccc1. The van der Waals surface area contributed by atoms with Crippen molar-refractivity contribution in [3.05, 3.63) is 63.9 Å². The van der Waals surface area contributed by atoms with Crippen LogP contribution in [0.1, 0.15) is 11.1 Å². The molecule has 2 aromatic rings. The van der Waals surface area contributed by atoms with Crippen LogP contribution < -0.4 is 4.74 Å². The summed E-state index contributed by atoms with van der Waals surface area (Å²) in [6.45, 7) is -0.136. The van der Waals surface area contributed by atoms with Crippen molar-refractivity contribution in [3.63, 3.8) is 0 Å². The lowest BCUT2D eigenvalue weighted by Crippen LogP contribution is -2.10. The smallest absolute Gasteiger partial charge is 0.420 e. The van der Waals surface area contributed by atoms with E-state index in [1.807, 2.05) is 0 Å². The normalized spacial score (nSPS) is 11.4. The molecule has 0 aromatic heterocycles. The van der Waals surface area contributed by atoms with Crippen LogP contribution in [0.5, 0.6) is 5.75 Å². The number of hydrogen-bond acceptors (Lipinski definition) is 1. The van der Waals surface area contributed by atoms with E-state index in [0.717, 1.165) is 12.1 Å².